The molecule has 0 aliphatic carbocycles. The average molecular weight is 270 g/mol. The van der Waals surface area contributed by atoms with Gasteiger partial charge in [-0.2, -0.15) is 0 Å². The third-order valence-electron chi connectivity index (χ3n) is 3.25. The number of nitrogens with zero attached hydrogens (tertiary/aromatic N) is 3. The van der Waals surface area contributed by atoms with Crippen LogP contribution in [-0.4, -0.2) is 23.1 Å². The zero-order chi connectivity index (χ0) is 14.4. The lowest BCUT2D eigenvalue weighted by Gasteiger charge is -2.24. The fraction of sp³-hybridized carbons (Fsp3) is 0.375. The first-order valence-electron chi connectivity index (χ1n) is 7.09. The number of hydrogen-bond donors (Lipinski definition) is 1. The van der Waals surface area contributed by atoms with Gasteiger partial charge in [-0.25, -0.2) is 9.97 Å². The summed E-state index contributed by atoms with van der Waals surface area (Å²) >= 11 is 0. The van der Waals surface area contributed by atoms with Crippen LogP contribution in [0.1, 0.15) is 24.6 Å². The van der Waals surface area contributed by atoms with Crippen molar-refractivity contribution in [3.63, 3.8) is 0 Å². The summed E-state index contributed by atoms with van der Waals surface area (Å²) in [6, 6.07) is 10.5. The highest BCUT2D eigenvalue weighted by atomic mass is 15.2. The van der Waals surface area contributed by atoms with Gasteiger partial charge in [0, 0.05) is 24.0 Å². The quantitative estimate of drug-likeness (QED) is 0.877. The van der Waals surface area contributed by atoms with Gasteiger partial charge in [0.15, 0.2) is 0 Å². The van der Waals surface area contributed by atoms with Gasteiger partial charge in [0.1, 0.15) is 12.1 Å². The molecule has 4 heteroatoms. The topological polar surface area (TPSA) is 55.0 Å². The fourth-order valence-electron chi connectivity index (χ4n) is 2.15. The van der Waals surface area contributed by atoms with Crippen molar-refractivity contribution in [3.05, 3.63) is 47.9 Å². The van der Waals surface area contributed by atoms with Crippen molar-refractivity contribution < 1.29 is 0 Å². The number of anilines is 2. The lowest BCUT2D eigenvalue weighted by molar-refractivity contribution is 0.805. The van der Waals surface area contributed by atoms with Crippen LogP contribution in [0.15, 0.2) is 36.7 Å². The molecule has 0 spiro atoms. The molecule has 0 aliphatic rings. The molecule has 0 saturated carbocycles. The fourth-order valence-corrected chi connectivity index (χ4v) is 2.15. The van der Waals surface area contributed by atoms with Gasteiger partial charge in [-0.05, 0) is 44.0 Å². The second kappa shape index (κ2) is 7.01. The second-order valence-corrected chi connectivity index (χ2v) is 4.85. The Morgan fingerprint density at radius 2 is 2.05 bits per heavy atom. The second-order valence-electron chi connectivity index (χ2n) is 4.85. The minimum Gasteiger partial charge on any atom is -0.330 e. The first-order chi connectivity index (χ1) is 9.74. The average Bonchev–Trinajstić information content (AvgIpc) is 2.48. The summed E-state index contributed by atoms with van der Waals surface area (Å²) in [5.74, 6) is 0.941. The van der Waals surface area contributed by atoms with E-state index >= 15 is 0 Å². The van der Waals surface area contributed by atoms with Crippen LogP contribution in [0.5, 0.6) is 0 Å². The van der Waals surface area contributed by atoms with Crippen molar-refractivity contribution in [2.45, 2.75) is 26.7 Å². The molecule has 2 aromatic rings. The standard InChI is InChI=1S/C16H22N4/c1-3-14-11-16(19-12-18-14)20(9-5-8-17)15-7-4-6-13(2)10-15/h4,6-7,10-12H,3,5,8-9,17H2,1-2H3. The van der Waals surface area contributed by atoms with Crippen molar-refractivity contribution in [2.24, 2.45) is 5.73 Å². The van der Waals surface area contributed by atoms with Gasteiger partial charge in [0.25, 0.3) is 0 Å². The number of hydrogen-bond acceptors (Lipinski definition) is 4. The third-order valence-corrected chi connectivity index (χ3v) is 3.25. The maximum atomic E-state index is 5.66. The van der Waals surface area contributed by atoms with Crippen molar-refractivity contribution in [2.75, 3.05) is 18.0 Å². The summed E-state index contributed by atoms with van der Waals surface area (Å²) in [6.07, 6.45) is 3.48. The van der Waals surface area contributed by atoms with Crippen LogP contribution in [0.3, 0.4) is 0 Å². The number of aryl methyl sites for hydroxylation is 2. The summed E-state index contributed by atoms with van der Waals surface area (Å²) in [7, 11) is 0. The van der Waals surface area contributed by atoms with Gasteiger partial charge in [-0.3, -0.25) is 0 Å². The summed E-state index contributed by atoms with van der Waals surface area (Å²) in [4.78, 5) is 10.9. The first kappa shape index (κ1) is 14.5. The molecule has 1 heterocycles. The molecule has 0 fully saturated rings. The zero-order valence-corrected chi connectivity index (χ0v) is 12.2. The molecule has 0 bridgehead atoms. The summed E-state index contributed by atoms with van der Waals surface area (Å²) in [6.45, 7) is 5.74. The Labute approximate surface area is 120 Å². The van der Waals surface area contributed by atoms with E-state index in [9.17, 15) is 0 Å². The van der Waals surface area contributed by atoms with Gasteiger partial charge in [0.2, 0.25) is 0 Å². The highest BCUT2D eigenvalue weighted by molar-refractivity contribution is 5.60. The number of benzene rings is 1. The largest absolute Gasteiger partial charge is 0.330 e. The maximum Gasteiger partial charge on any atom is 0.136 e. The van der Waals surface area contributed by atoms with Crippen LogP contribution in [0, 0.1) is 6.92 Å². The Morgan fingerprint density at radius 3 is 2.75 bits per heavy atom. The van der Waals surface area contributed by atoms with Gasteiger partial charge >= 0.3 is 0 Å². The summed E-state index contributed by atoms with van der Waals surface area (Å²) in [5.41, 5.74) is 9.11. The van der Waals surface area contributed by atoms with E-state index in [1.807, 2.05) is 0 Å². The molecule has 0 amide bonds. The van der Waals surface area contributed by atoms with E-state index in [-0.39, 0.29) is 0 Å². The van der Waals surface area contributed by atoms with E-state index in [1.54, 1.807) is 6.33 Å². The highest BCUT2D eigenvalue weighted by Crippen LogP contribution is 2.24. The summed E-state index contributed by atoms with van der Waals surface area (Å²) < 4.78 is 0. The molecule has 2 N–H and O–H groups in total. The van der Waals surface area contributed by atoms with Crippen LogP contribution in [0.2, 0.25) is 0 Å². The SMILES string of the molecule is CCc1cc(N(CCCN)c2cccc(C)c2)ncn1. The molecule has 0 atom stereocenters. The normalized spacial score (nSPS) is 10.6. The molecule has 106 valence electrons. The predicted octanol–water partition coefficient (Wildman–Crippen LogP) is 2.83. The Morgan fingerprint density at radius 1 is 1.20 bits per heavy atom. The number of aromatic nitrogens is 2. The summed E-state index contributed by atoms with van der Waals surface area (Å²) in [5, 5.41) is 0. The van der Waals surface area contributed by atoms with Gasteiger partial charge < -0.3 is 10.6 Å². The number of rotatable bonds is 6. The van der Waals surface area contributed by atoms with Crippen LogP contribution in [0.25, 0.3) is 0 Å². The van der Waals surface area contributed by atoms with Crippen LogP contribution < -0.4 is 10.6 Å². The lowest BCUT2D eigenvalue weighted by atomic mass is 10.2. The van der Waals surface area contributed by atoms with Crippen molar-refractivity contribution in [3.8, 4) is 0 Å². The number of nitrogens with two attached hydrogens (primary N) is 1. The molecule has 2 rings (SSSR count). The highest BCUT2D eigenvalue weighted by Gasteiger charge is 2.11. The third kappa shape index (κ3) is 3.54. The molecule has 1 aromatic carbocycles. The van der Waals surface area contributed by atoms with E-state index in [1.165, 1.54) is 5.56 Å². The smallest absolute Gasteiger partial charge is 0.136 e. The Balaban J connectivity index is 2.35. The molecule has 0 saturated heterocycles. The van der Waals surface area contributed by atoms with Gasteiger partial charge in [-0.1, -0.05) is 19.1 Å². The molecule has 4 nitrogen and oxygen atoms in total. The van der Waals surface area contributed by atoms with Crippen molar-refractivity contribution in [1.29, 1.82) is 0 Å². The first-order valence-corrected chi connectivity index (χ1v) is 7.09. The Kier molecular flexibility index (Phi) is 5.07. The molecule has 20 heavy (non-hydrogen) atoms. The van der Waals surface area contributed by atoms with E-state index in [0.29, 0.717) is 6.54 Å². The van der Waals surface area contributed by atoms with Crippen molar-refractivity contribution in [1.82, 2.24) is 9.97 Å². The molecular formula is C16H22N4. The van der Waals surface area contributed by atoms with Crippen LogP contribution in [0.4, 0.5) is 11.5 Å². The lowest BCUT2D eigenvalue weighted by Crippen LogP contribution is -2.22. The van der Waals surface area contributed by atoms with Crippen LogP contribution >= 0.6 is 0 Å². The van der Waals surface area contributed by atoms with E-state index in [0.717, 1.165) is 36.6 Å². The van der Waals surface area contributed by atoms with E-state index in [2.05, 4.69) is 59.0 Å². The van der Waals surface area contributed by atoms with E-state index < -0.39 is 0 Å². The molecular weight excluding hydrogens is 248 g/mol. The molecule has 0 aliphatic heterocycles. The van der Waals surface area contributed by atoms with E-state index in [4.69, 9.17) is 5.73 Å². The zero-order valence-electron chi connectivity index (χ0n) is 12.2. The molecule has 1 aromatic heterocycles. The minimum atomic E-state index is 0.675. The Bertz CT molecular complexity index is 554. The van der Waals surface area contributed by atoms with Gasteiger partial charge in [-0.15, -0.1) is 0 Å². The predicted molar refractivity (Wildman–Crippen MR) is 83.3 cm³/mol. The van der Waals surface area contributed by atoms with Crippen LogP contribution in [-0.2, 0) is 6.42 Å². The minimum absolute atomic E-state index is 0.675. The maximum absolute atomic E-state index is 5.66. The molecule has 0 radical (unpaired) electrons. The molecule has 0 unspecified atom stereocenters. The van der Waals surface area contributed by atoms with Gasteiger partial charge in [0.05, 0.1) is 0 Å². The monoisotopic (exact) mass is 270 g/mol. The Hall–Kier alpha value is -1.94. The van der Waals surface area contributed by atoms with Crippen molar-refractivity contribution >= 4 is 11.5 Å².